The van der Waals surface area contributed by atoms with Gasteiger partial charge >= 0.3 is 0 Å². The van der Waals surface area contributed by atoms with E-state index in [2.05, 4.69) is 0 Å². The molecule has 4 nitrogen and oxygen atoms in total. The van der Waals surface area contributed by atoms with E-state index < -0.39 is 5.97 Å². The van der Waals surface area contributed by atoms with E-state index in [-0.39, 0.29) is 6.10 Å². The summed E-state index contributed by atoms with van der Waals surface area (Å²) < 4.78 is 22.1. The predicted molar refractivity (Wildman–Crippen MR) is 61.0 cm³/mol. The zero-order chi connectivity index (χ0) is 11.1. The summed E-state index contributed by atoms with van der Waals surface area (Å²) in [5.41, 5.74) is 0. The van der Waals surface area contributed by atoms with Crippen LogP contribution in [0.15, 0.2) is 0 Å². The first kappa shape index (κ1) is 13.1. The lowest BCUT2D eigenvalue weighted by atomic mass is 10.4. The van der Waals surface area contributed by atoms with Gasteiger partial charge in [-0.2, -0.15) is 0 Å². The maximum Gasteiger partial charge on any atom is 0.282 e. The van der Waals surface area contributed by atoms with Crippen molar-refractivity contribution in [2.24, 2.45) is 0 Å². The standard InChI is InChI=1S/C10H22O4Si/c1-3-12-10(5-6-15,13-4-2)14-8-9-7-11-9/h9H,3-8H2,1-2,15H3. The van der Waals surface area contributed by atoms with Crippen LogP contribution in [0.5, 0.6) is 0 Å². The second-order valence-electron chi connectivity index (χ2n) is 3.57. The fraction of sp³-hybridized carbons (Fsp3) is 1.00. The molecule has 0 radical (unpaired) electrons. The summed E-state index contributed by atoms with van der Waals surface area (Å²) in [4.78, 5) is 0. The Labute approximate surface area is 94.6 Å². The Morgan fingerprint density at radius 2 is 1.87 bits per heavy atom. The second kappa shape index (κ2) is 6.60. The lowest BCUT2D eigenvalue weighted by molar-refractivity contribution is -0.379. The number of hydrogen-bond acceptors (Lipinski definition) is 4. The van der Waals surface area contributed by atoms with E-state index in [1.54, 1.807) is 0 Å². The van der Waals surface area contributed by atoms with Gasteiger partial charge in [0.15, 0.2) is 0 Å². The number of ether oxygens (including phenoxy) is 4. The van der Waals surface area contributed by atoms with E-state index in [1.807, 2.05) is 13.8 Å². The maximum atomic E-state index is 5.73. The molecule has 0 bridgehead atoms. The van der Waals surface area contributed by atoms with E-state index >= 15 is 0 Å². The summed E-state index contributed by atoms with van der Waals surface area (Å²) >= 11 is 0. The molecular weight excluding hydrogens is 212 g/mol. The quantitative estimate of drug-likeness (QED) is 0.327. The van der Waals surface area contributed by atoms with Crippen LogP contribution in [0.1, 0.15) is 20.3 Å². The van der Waals surface area contributed by atoms with E-state index in [1.165, 1.54) is 0 Å². The molecule has 5 heteroatoms. The molecule has 1 rings (SSSR count). The fourth-order valence-electron chi connectivity index (χ4n) is 1.47. The highest BCUT2D eigenvalue weighted by atomic mass is 28.1. The molecule has 0 aromatic rings. The molecule has 0 spiro atoms. The summed E-state index contributed by atoms with van der Waals surface area (Å²) in [5.74, 6) is -0.822. The normalized spacial score (nSPS) is 20.8. The topological polar surface area (TPSA) is 40.2 Å². The van der Waals surface area contributed by atoms with Crippen LogP contribution in [0.3, 0.4) is 0 Å². The lowest BCUT2D eigenvalue weighted by Gasteiger charge is -2.32. The Hall–Kier alpha value is 0.0569. The van der Waals surface area contributed by atoms with Gasteiger partial charge < -0.3 is 18.9 Å². The molecule has 1 aliphatic heterocycles. The van der Waals surface area contributed by atoms with Crippen molar-refractivity contribution in [3.05, 3.63) is 0 Å². The monoisotopic (exact) mass is 234 g/mol. The average molecular weight is 234 g/mol. The van der Waals surface area contributed by atoms with Crippen LogP contribution in [0.2, 0.25) is 6.04 Å². The van der Waals surface area contributed by atoms with Crippen LogP contribution in [0.4, 0.5) is 0 Å². The molecule has 1 heterocycles. The van der Waals surface area contributed by atoms with E-state index in [0.717, 1.165) is 29.3 Å². The van der Waals surface area contributed by atoms with Crippen LogP contribution in [0.25, 0.3) is 0 Å². The molecule has 1 atom stereocenters. The number of epoxide rings is 1. The van der Waals surface area contributed by atoms with Gasteiger partial charge in [-0.1, -0.05) is 6.04 Å². The predicted octanol–water partition coefficient (Wildman–Crippen LogP) is 0.302. The Morgan fingerprint density at radius 3 is 2.27 bits per heavy atom. The van der Waals surface area contributed by atoms with Gasteiger partial charge in [-0.3, -0.25) is 0 Å². The summed E-state index contributed by atoms with van der Waals surface area (Å²) in [6.45, 7) is 6.49. The van der Waals surface area contributed by atoms with Gasteiger partial charge in [0, 0.05) is 29.9 Å². The minimum Gasteiger partial charge on any atom is -0.371 e. The summed E-state index contributed by atoms with van der Waals surface area (Å²) in [7, 11) is 1.13. The fourth-order valence-corrected chi connectivity index (χ4v) is 2.08. The van der Waals surface area contributed by atoms with Crippen molar-refractivity contribution in [3.63, 3.8) is 0 Å². The van der Waals surface area contributed by atoms with Crippen LogP contribution < -0.4 is 0 Å². The van der Waals surface area contributed by atoms with Crippen LogP contribution in [-0.4, -0.2) is 48.7 Å². The first-order valence-electron chi connectivity index (χ1n) is 5.79. The molecule has 0 N–H and O–H groups in total. The molecule has 1 unspecified atom stereocenters. The van der Waals surface area contributed by atoms with Gasteiger partial charge in [-0.25, -0.2) is 0 Å². The third kappa shape index (κ3) is 4.61. The maximum absolute atomic E-state index is 5.73. The highest BCUT2D eigenvalue weighted by molar-refractivity contribution is 6.08. The smallest absolute Gasteiger partial charge is 0.282 e. The second-order valence-corrected chi connectivity index (χ2v) is 4.57. The summed E-state index contributed by atoms with van der Waals surface area (Å²) in [6, 6.07) is 1.10. The van der Waals surface area contributed by atoms with Gasteiger partial charge in [0.25, 0.3) is 5.97 Å². The number of rotatable bonds is 9. The van der Waals surface area contributed by atoms with Crippen molar-refractivity contribution in [1.82, 2.24) is 0 Å². The third-order valence-corrected chi connectivity index (χ3v) is 2.68. The first-order valence-corrected chi connectivity index (χ1v) is 7.21. The van der Waals surface area contributed by atoms with Crippen LogP contribution in [-0.2, 0) is 18.9 Å². The van der Waals surface area contributed by atoms with E-state index in [9.17, 15) is 0 Å². The largest absolute Gasteiger partial charge is 0.371 e. The van der Waals surface area contributed by atoms with Crippen molar-refractivity contribution in [2.75, 3.05) is 26.4 Å². The molecule has 0 aromatic heterocycles. The zero-order valence-corrected chi connectivity index (χ0v) is 12.0. The molecule has 1 saturated heterocycles. The van der Waals surface area contributed by atoms with Gasteiger partial charge in [-0.15, -0.1) is 0 Å². The Morgan fingerprint density at radius 1 is 1.27 bits per heavy atom. The SMILES string of the molecule is CCOC(CC[SiH3])(OCC)OCC1CO1. The highest BCUT2D eigenvalue weighted by Crippen LogP contribution is 2.24. The summed E-state index contributed by atoms with van der Waals surface area (Å²) in [6.07, 6.45) is 1.06. The van der Waals surface area contributed by atoms with Crippen LogP contribution in [0, 0.1) is 0 Å². The molecule has 0 amide bonds. The van der Waals surface area contributed by atoms with E-state index in [0.29, 0.717) is 19.8 Å². The molecule has 0 aromatic carbocycles. The average Bonchev–Trinajstić information content (AvgIpc) is 2.99. The minimum atomic E-state index is -0.822. The lowest BCUT2D eigenvalue weighted by Crippen LogP contribution is -2.40. The molecule has 0 aliphatic carbocycles. The Kier molecular flexibility index (Phi) is 5.77. The first-order chi connectivity index (χ1) is 7.26. The van der Waals surface area contributed by atoms with Crippen molar-refractivity contribution >= 4 is 10.2 Å². The van der Waals surface area contributed by atoms with Crippen LogP contribution >= 0.6 is 0 Å². The highest BCUT2D eigenvalue weighted by Gasteiger charge is 2.35. The molecule has 1 fully saturated rings. The zero-order valence-electron chi connectivity index (χ0n) is 9.95. The van der Waals surface area contributed by atoms with Crippen molar-refractivity contribution in [2.45, 2.75) is 38.4 Å². The minimum absolute atomic E-state index is 0.249. The van der Waals surface area contributed by atoms with Gasteiger partial charge in [0.05, 0.1) is 13.2 Å². The van der Waals surface area contributed by atoms with Gasteiger partial charge in [0.1, 0.15) is 6.10 Å². The van der Waals surface area contributed by atoms with E-state index in [4.69, 9.17) is 18.9 Å². The molecule has 0 saturated carbocycles. The van der Waals surface area contributed by atoms with Gasteiger partial charge in [-0.05, 0) is 13.8 Å². The molecule has 15 heavy (non-hydrogen) atoms. The summed E-state index contributed by atoms with van der Waals surface area (Å²) in [5, 5.41) is 0. The van der Waals surface area contributed by atoms with Crippen molar-refractivity contribution in [3.8, 4) is 0 Å². The molecule has 90 valence electrons. The van der Waals surface area contributed by atoms with Gasteiger partial charge in [0.2, 0.25) is 0 Å². The number of hydrogen-bond donors (Lipinski definition) is 0. The Bertz CT molecular complexity index is 156. The molecule has 1 aliphatic rings. The van der Waals surface area contributed by atoms with Crippen molar-refractivity contribution < 1.29 is 18.9 Å². The molecular formula is C10H22O4Si. The third-order valence-electron chi connectivity index (χ3n) is 2.18. The van der Waals surface area contributed by atoms with Crippen molar-refractivity contribution in [1.29, 1.82) is 0 Å². The Balaban J connectivity index is 2.43.